The molecule has 28 heavy (non-hydrogen) atoms. The van der Waals surface area contributed by atoms with E-state index in [-0.39, 0.29) is 17.3 Å². The van der Waals surface area contributed by atoms with Crippen molar-refractivity contribution in [2.24, 2.45) is 0 Å². The molecule has 0 aromatic heterocycles. The van der Waals surface area contributed by atoms with Crippen molar-refractivity contribution in [3.05, 3.63) is 58.6 Å². The highest BCUT2D eigenvalue weighted by molar-refractivity contribution is 7.89. The molecule has 6 nitrogen and oxygen atoms in total. The minimum atomic E-state index is -3.67. The van der Waals surface area contributed by atoms with E-state index in [2.05, 4.69) is 16.0 Å². The van der Waals surface area contributed by atoms with Crippen LogP contribution in [0.3, 0.4) is 0 Å². The van der Waals surface area contributed by atoms with Crippen molar-refractivity contribution < 1.29 is 17.9 Å². The Morgan fingerprint density at radius 3 is 2.57 bits per heavy atom. The molecule has 2 rings (SSSR count). The summed E-state index contributed by atoms with van der Waals surface area (Å²) in [6, 6.07) is 11.0. The van der Waals surface area contributed by atoms with Crippen molar-refractivity contribution in [2.75, 3.05) is 19.7 Å². The van der Waals surface area contributed by atoms with Crippen LogP contribution in [0.2, 0.25) is 5.02 Å². The second-order valence-electron chi connectivity index (χ2n) is 5.92. The van der Waals surface area contributed by atoms with Gasteiger partial charge in [0.2, 0.25) is 10.0 Å². The van der Waals surface area contributed by atoms with Crippen molar-refractivity contribution in [2.45, 2.75) is 18.2 Å². The second-order valence-corrected chi connectivity index (χ2v) is 8.12. The minimum Gasteiger partial charge on any atom is -0.493 e. The lowest BCUT2D eigenvalue weighted by molar-refractivity contribution is 0.0951. The Balaban J connectivity index is 1.79. The fourth-order valence-electron chi connectivity index (χ4n) is 2.34. The fourth-order valence-corrected chi connectivity index (χ4v) is 3.50. The second kappa shape index (κ2) is 10.1. The molecular weight excluding hydrogens is 400 g/mol. The van der Waals surface area contributed by atoms with E-state index in [1.807, 2.05) is 19.1 Å². The van der Waals surface area contributed by atoms with Gasteiger partial charge in [-0.1, -0.05) is 17.5 Å². The third kappa shape index (κ3) is 6.27. The van der Waals surface area contributed by atoms with Crippen LogP contribution >= 0.6 is 11.6 Å². The van der Waals surface area contributed by atoms with Gasteiger partial charge >= 0.3 is 0 Å². The van der Waals surface area contributed by atoms with E-state index in [0.29, 0.717) is 30.2 Å². The standard InChI is InChI=1S/C20H21ClN2O4S/c1-3-11-23-28(25,26)18-8-5-16(6-9-18)20(24)22-12-4-13-27-19-10-7-17(21)14-15(19)2/h1,5-10,14,23H,4,11-13H2,2H3,(H,22,24). The van der Waals surface area contributed by atoms with E-state index in [1.54, 1.807) is 6.07 Å². The first-order valence-corrected chi connectivity index (χ1v) is 10.4. The summed E-state index contributed by atoms with van der Waals surface area (Å²) in [4.78, 5) is 12.2. The molecule has 0 radical (unpaired) electrons. The number of carbonyl (C=O) groups excluding carboxylic acids is 1. The molecule has 0 saturated heterocycles. The van der Waals surface area contributed by atoms with Gasteiger partial charge in [0.15, 0.2) is 0 Å². The molecule has 0 aliphatic heterocycles. The average Bonchev–Trinajstić information content (AvgIpc) is 2.67. The fraction of sp³-hybridized carbons (Fsp3) is 0.250. The maximum Gasteiger partial charge on any atom is 0.251 e. The van der Waals surface area contributed by atoms with E-state index in [1.165, 1.54) is 24.3 Å². The van der Waals surface area contributed by atoms with Crippen molar-refractivity contribution in [3.63, 3.8) is 0 Å². The smallest absolute Gasteiger partial charge is 0.251 e. The first-order chi connectivity index (χ1) is 13.3. The molecular formula is C20H21ClN2O4S. The average molecular weight is 421 g/mol. The number of aryl methyl sites for hydroxylation is 1. The van der Waals surface area contributed by atoms with Crippen LogP contribution in [0.15, 0.2) is 47.4 Å². The van der Waals surface area contributed by atoms with Gasteiger partial charge in [0.1, 0.15) is 5.75 Å². The summed E-state index contributed by atoms with van der Waals surface area (Å²) in [5, 5.41) is 3.43. The number of ether oxygens (including phenoxy) is 1. The Morgan fingerprint density at radius 2 is 1.93 bits per heavy atom. The van der Waals surface area contributed by atoms with Gasteiger partial charge in [0.25, 0.3) is 5.91 Å². The minimum absolute atomic E-state index is 0.0473. The van der Waals surface area contributed by atoms with Gasteiger partial charge in [-0.2, -0.15) is 4.72 Å². The molecule has 2 aromatic carbocycles. The van der Waals surface area contributed by atoms with Crippen molar-refractivity contribution in [1.29, 1.82) is 0 Å². The topological polar surface area (TPSA) is 84.5 Å². The van der Waals surface area contributed by atoms with Crippen LogP contribution in [-0.4, -0.2) is 34.0 Å². The van der Waals surface area contributed by atoms with Crippen LogP contribution in [-0.2, 0) is 10.0 Å². The number of terminal acetylenes is 1. The van der Waals surface area contributed by atoms with Crippen LogP contribution in [0.5, 0.6) is 5.75 Å². The van der Waals surface area contributed by atoms with E-state index < -0.39 is 10.0 Å². The van der Waals surface area contributed by atoms with Crippen LogP contribution in [0.25, 0.3) is 0 Å². The molecule has 0 atom stereocenters. The first-order valence-electron chi connectivity index (χ1n) is 8.54. The predicted molar refractivity (Wildman–Crippen MR) is 109 cm³/mol. The van der Waals surface area contributed by atoms with E-state index in [0.717, 1.165) is 11.3 Å². The van der Waals surface area contributed by atoms with Crippen LogP contribution in [0.4, 0.5) is 0 Å². The molecule has 0 fully saturated rings. The molecule has 2 N–H and O–H groups in total. The summed E-state index contributed by atoms with van der Waals surface area (Å²) < 4.78 is 31.8. The quantitative estimate of drug-likeness (QED) is 0.482. The monoisotopic (exact) mass is 420 g/mol. The van der Waals surface area contributed by atoms with Gasteiger partial charge in [-0.3, -0.25) is 4.79 Å². The molecule has 1 amide bonds. The van der Waals surface area contributed by atoms with Gasteiger partial charge in [-0.15, -0.1) is 6.42 Å². The number of benzene rings is 2. The molecule has 0 spiro atoms. The number of hydrogen-bond donors (Lipinski definition) is 2. The Morgan fingerprint density at radius 1 is 1.21 bits per heavy atom. The number of sulfonamides is 1. The molecule has 2 aromatic rings. The van der Waals surface area contributed by atoms with Crippen LogP contribution < -0.4 is 14.8 Å². The number of halogens is 1. The van der Waals surface area contributed by atoms with E-state index in [4.69, 9.17) is 22.8 Å². The van der Waals surface area contributed by atoms with E-state index >= 15 is 0 Å². The van der Waals surface area contributed by atoms with Gasteiger partial charge in [0.05, 0.1) is 18.0 Å². The Bertz CT molecular complexity index is 967. The lowest BCUT2D eigenvalue weighted by Gasteiger charge is -2.10. The highest BCUT2D eigenvalue weighted by Gasteiger charge is 2.14. The normalized spacial score (nSPS) is 10.9. The third-order valence-corrected chi connectivity index (χ3v) is 5.44. The van der Waals surface area contributed by atoms with Crippen molar-refractivity contribution in [3.8, 4) is 18.1 Å². The maximum absolute atomic E-state index is 12.1. The van der Waals surface area contributed by atoms with Crippen LogP contribution in [0, 0.1) is 19.3 Å². The highest BCUT2D eigenvalue weighted by atomic mass is 35.5. The number of rotatable bonds is 9. The summed E-state index contributed by atoms with van der Waals surface area (Å²) in [7, 11) is -3.67. The zero-order chi connectivity index (χ0) is 20.6. The van der Waals surface area contributed by atoms with Crippen LogP contribution in [0.1, 0.15) is 22.3 Å². The van der Waals surface area contributed by atoms with Gasteiger partial charge in [0, 0.05) is 17.1 Å². The van der Waals surface area contributed by atoms with Crippen molar-refractivity contribution >= 4 is 27.5 Å². The Hall–Kier alpha value is -2.53. The predicted octanol–water partition coefficient (Wildman–Crippen LogP) is 2.76. The SMILES string of the molecule is C#CCNS(=O)(=O)c1ccc(C(=O)NCCCOc2ccc(Cl)cc2C)cc1. The van der Waals surface area contributed by atoms with E-state index in [9.17, 15) is 13.2 Å². The van der Waals surface area contributed by atoms with Gasteiger partial charge in [-0.05, 0) is 61.4 Å². The van der Waals surface area contributed by atoms with Crippen molar-refractivity contribution in [1.82, 2.24) is 10.0 Å². The summed E-state index contributed by atoms with van der Waals surface area (Å²) >= 11 is 5.90. The summed E-state index contributed by atoms with van der Waals surface area (Å²) in [6.07, 6.45) is 5.67. The molecule has 0 bridgehead atoms. The molecule has 0 unspecified atom stereocenters. The van der Waals surface area contributed by atoms with Gasteiger partial charge in [-0.25, -0.2) is 8.42 Å². The Labute approximate surface area is 170 Å². The largest absolute Gasteiger partial charge is 0.493 e. The molecule has 0 saturated carbocycles. The molecule has 0 aliphatic carbocycles. The Kier molecular flexibility index (Phi) is 7.88. The molecule has 148 valence electrons. The first kappa shape index (κ1) is 21.8. The lowest BCUT2D eigenvalue weighted by atomic mass is 10.2. The molecule has 0 heterocycles. The number of nitrogens with one attached hydrogen (secondary N) is 2. The summed E-state index contributed by atoms with van der Waals surface area (Å²) in [5.41, 5.74) is 1.31. The zero-order valence-corrected chi connectivity index (χ0v) is 16.9. The molecule has 0 aliphatic rings. The van der Waals surface area contributed by atoms with Gasteiger partial charge < -0.3 is 10.1 Å². The number of hydrogen-bond acceptors (Lipinski definition) is 4. The number of carbonyl (C=O) groups is 1. The third-order valence-electron chi connectivity index (χ3n) is 3.79. The highest BCUT2D eigenvalue weighted by Crippen LogP contribution is 2.21. The zero-order valence-electron chi connectivity index (χ0n) is 15.4. The summed E-state index contributed by atoms with van der Waals surface area (Å²) in [5.74, 6) is 2.67. The summed E-state index contributed by atoms with van der Waals surface area (Å²) in [6.45, 7) is 2.69. The maximum atomic E-state index is 12.1. The number of amides is 1. The molecule has 8 heteroatoms. The lowest BCUT2D eigenvalue weighted by Crippen LogP contribution is -2.26.